The molecule has 0 saturated carbocycles. The second kappa shape index (κ2) is 8.13. The molecule has 0 atom stereocenters. The lowest BCUT2D eigenvalue weighted by Gasteiger charge is -2.20. The second-order valence-corrected chi connectivity index (χ2v) is 5.25. The van der Waals surface area contributed by atoms with Gasteiger partial charge in [-0.15, -0.1) is 0 Å². The molecule has 0 N–H and O–H groups in total. The Hall–Kier alpha value is -1.04. The topological polar surface area (TPSA) is 69.7 Å². The summed E-state index contributed by atoms with van der Waals surface area (Å²) in [5.41, 5.74) is -1.13. The van der Waals surface area contributed by atoms with Crippen LogP contribution in [-0.2, 0) is 23.9 Å². The highest BCUT2D eigenvalue weighted by atomic mass is 32.2. The van der Waals surface area contributed by atoms with Crippen LogP contribution < -0.4 is 0 Å². The number of ether oxygens (including phenoxy) is 2. The van der Waals surface area contributed by atoms with E-state index in [2.05, 4.69) is 4.74 Å². The van der Waals surface area contributed by atoms with Crippen LogP contribution in [0.25, 0.3) is 0 Å². The fraction of sp³-hybridized carbons (Fsp3) is 0.750. The van der Waals surface area contributed by atoms with E-state index in [9.17, 15) is 14.4 Å². The number of ketones is 1. The lowest BCUT2D eigenvalue weighted by Crippen LogP contribution is -2.36. The first-order chi connectivity index (χ1) is 8.36. The van der Waals surface area contributed by atoms with Crippen molar-refractivity contribution in [2.45, 2.75) is 27.2 Å². The molecule has 0 aliphatic carbocycles. The number of methoxy groups -OCH3 is 1. The molecule has 0 bridgehead atoms. The summed E-state index contributed by atoms with van der Waals surface area (Å²) >= 11 is 1.31. The summed E-state index contributed by atoms with van der Waals surface area (Å²) < 4.78 is 9.33. The molecule has 18 heavy (non-hydrogen) atoms. The fourth-order valence-corrected chi connectivity index (χ4v) is 2.03. The van der Waals surface area contributed by atoms with Gasteiger partial charge in [-0.05, 0) is 20.8 Å². The Labute approximate surface area is 112 Å². The van der Waals surface area contributed by atoms with Gasteiger partial charge >= 0.3 is 11.9 Å². The Morgan fingerprint density at radius 3 is 2.33 bits per heavy atom. The number of hydrogen-bond donors (Lipinski definition) is 0. The third-order valence-corrected chi connectivity index (χ3v) is 3.35. The standard InChI is InChI=1S/C12H20O5S/c1-5-17-11(15)12(2,3)9(13)8-18-7-6-10(14)16-4/h5-8H2,1-4H3. The number of carbonyl (C=O) groups is 3. The van der Waals surface area contributed by atoms with Gasteiger partial charge in [0.1, 0.15) is 5.41 Å². The summed E-state index contributed by atoms with van der Waals surface area (Å²) in [5.74, 6) is -0.334. The average Bonchev–Trinajstić information content (AvgIpc) is 2.33. The highest BCUT2D eigenvalue weighted by Gasteiger charge is 2.36. The van der Waals surface area contributed by atoms with Gasteiger partial charge in [0.25, 0.3) is 0 Å². The maximum absolute atomic E-state index is 11.9. The third kappa shape index (κ3) is 5.53. The number of Topliss-reactive ketones (excluding diaryl/α,β-unsaturated/α-hetero) is 1. The zero-order chi connectivity index (χ0) is 14.2. The maximum Gasteiger partial charge on any atom is 0.319 e. The molecule has 0 radical (unpaired) electrons. The monoisotopic (exact) mass is 276 g/mol. The quantitative estimate of drug-likeness (QED) is 0.379. The molecule has 0 spiro atoms. The van der Waals surface area contributed by atoms with Gasteiger partial charge in [-0.25, -0.2) is 0 Å². The Balaban J connectivity index is 4.08. The van der Waals surface area contributed by atoms with Crippen molar-refractivity contribution in [3.05, 3.63) is 0 Å². The normalized spacial score (nSPS) is 10.9. The average molecular weight is 276 g/mol. The van der Waals surface area contributed by atoms with Crippen LogP contribution in [0.5, 0.6) is 0 Å². The van der Waals surface area contributed by atoms with Crippen LogP contribution in [0.3, 0.4) is 0 Å². The lowest BCUT2D eigenvalue weighted by atomic mass is 9.89. The van der Waals surface area contributed by atoms with Crippen LogP contribution in [0.2, 0.25) is 0 Å². The first-order valence-corrected chi connectivity index (χ1v) is 6.86. The molecule has 0 aromatic carbocycles. The molecule has 0 aromatic heterocycles. The lowest BCUT2D eigenvalue weighted by molar-refractivity contribution is -0.157. The summed E-state index contributed by atoms with van der Waals surface area (Å²) in [6, 6.07) is 0. The van der Waals surface area contributed by atoms with E-state index in [1.165, 1.54) is 18.9 Å². The first kappa shape index (κ1) is 17.0. The summed E-state index contributed by atoms with van der Waals surface area (Å²) in [5, 5.41) is 0. The van der Waals surface area contributed by atoms with Gasteiger partial charge in [0.05, 0.1) is 25.9 Å². The van der Waals surface area contributed by atoms with Gasteiger partial charge < -0.3 is 9.47 Å². The molecule has 0 aliphatic rings. The molecule has 6 heteroatoms. The van der Waals surface area contributed by atoms with Gasteiger partial charge in [-0.3, -0.25) is 14.4 Å². The van der Waals surface area contributed by atoms with E-state index >= 15 is 0 Å². The van der Waals surface area contributed by atoms with Gasteiger partial charge in [0.2, 0.25) is 0 Å². The van der Waals surface area contributed by atoms with Crippen molar-refractivity contribution in [1.29, 1.82) is 0 Å². The van der Waals surface area contributed by atoms with Gasteiger partial charge in [-0.2, -0.15) is 11.8 Å². The molecule has 0 saturated heterocycles. The SMILES string of the molecule is CCOC(=O)C(C)(C)C(=O)CSCCC(=O)OC. The molecule has 0 amide bonds. The minimum atomic E-state index is -1.13. The minimum Gasteiger partial charge on any atom is -0.469 e. The smallest absolute Gasteiger partial charge is 0.319 e. The predicted molar refractivity (Wildman–Crippen MR) is 69.4 cm³/mol. The minimum absolute atomic E-state index is 0.183. The first-order valence-electron chi connectivity index (χ1n) is 5.71. The number of thioether (sulfide) groups is 1. The van der Waals surface area contributed by atoms with Crippen molar-refractivity contribution in [2.75, 3.05) is 25.2 Å². The largest absolute Gasteiger partial charge is 0.469 e. The predicted octanol–water partition coefficient (Wildman–Crippen LogP) is 1.44. The van der Waals surface area contributed by atoms with E-state index in [-0.39, 0.29) is 30.5 Å². The van der Waals surface area contributed by atoms with Crippen molar-refractivity contribution in [3.8, 4) is 0 Å². The number of carbonyl (C=O) groups excluding carboxylic acids is 3. The highest BCUT2D eigenvalue weighted by Crippen LogP contribution is 2.21. The second-order valence-electron chi connectivity index (χ2n) is 4.15. The number of esters is 2. The van der Waals surface area contributed by atoms with E-state index in [4.69, 9.17) is 4.74 Å². The van der Waals surface area contributed by atoms with Crippen LogP contribution in [0.15, 0.2) is 0 Å². The summed E-state index contributed by atoms with van der Waals surface area (Å²) in [4.78, 5) is 34.3. The number of rotatable bonds is 8. The van der Waals surface area contributed by atoms with Crippen LogP contribution in [0, 0.1) is 5.41 Å². The fourth-order valence-electron chi connectivity index (χ4n) is 1.03. The Kier molecular flexibility index (Phi) is 7.66. The van der Waals surface area contributed by atoms with Crippen LogP contribution >= 0.6 is 11.8 Å². The molecule has 0 fully saturated rings. The molecular weight excluding hydrogens is 256 g/mol. The van der Waals surface area contributed by atoms with Crippen molar-refractivity contribution >= 4 is 29.5 Å². The molecule has 0 rings (SSSR count). The van der Waals surface area contributed by atoms with Crippen molar-refractivity contribution in [1.82, 2.24) is 0 Å². The Bertz CT molecular complexity index is 312. The van der Waals surface area contributed by atoms with Gasteiger partial charge in [0, 0.05) is 5.75 Å². The van der Waals surface area contributed by atoms with Crippen molar-refractivity contribution in [2.24, 2.45) is 5.41 Å². The third-order valence-electron chi connectivity index (χ3n) is 2.39. The van der Waals surface area contributed by atoms with Crippen LogP contribution in [-0.4, -0.2) is 42.9 Å². The van der Waals surface area contributed by atoms with Gasteiger partial charge in [0.15, 0.2) is 5.78 Å². The summed E-state index contributed by atoms with van der Waals surface area (Å²) in [7, 11) is 1.32. The van der Waals surface area contributed by atoms with E-state index in [0.29, 0.717) is 5.75 Å². The molecule has 0 heterocycles. The van der Waals surface area contributed by atoms with Crippen molar-refractivity contribution < 1.29 is 23.9 Å². The molecule has 0 unspecified atom stereocenters. The zero-order valence-corrected chi connectivity index (χ0v) is 12.1. The Morgan fingerprint density at radius 2 is 1.83 bits per heavy atom. The van der Waals surface area contributed by atoms with Crippen molar-refractivity contribution in [3.63, 3.8) is 0 Å². The summed E-state index contributed by atoms with van der Waals surface area (Å²) in [6.07, 6.45) is 0.258. The highest BCUT2D eigenvalue weighted by molar-refractivity contribution is 7.99. The van der Waals surface area contributed by atoms with E-state index in [0.717, 1.165) is 0 Å². The molecule has 0 aliphatic heterocycles. The van der Waals surface area contributed by atoms with Crippen LogP contribution in [0.4, 0.5) is 0 Å². The van der Waals surface area contributed by atoms with E-state index in [1.807, 2.05) is 0 Å². The van der Waals surface area contributed by atoms with Gasteiger partial charge in [-0.1, -0.05) is 0 Å². The van der Waals surface area contributed by atoms with E-state index in [1.54, 1.807) is 20.8 Å². The van der Waals surface area contributed by atoms with Crippen LogP contribution in [0.1, 0.15) is 27.2 Å². The number of hydrogen-bond acceptors (Lipinski definition) is 6. The zero-order valence-electron chi connectivity index (χ0n) is 11.3. The molecule has 104 valence electrons. The maximum atomic E-state index is 11.9. The Morgan fingerprint density at radius 1 is 1.22 bits per heavy atom. The van der Waals surface area contributed by atoms with E-state index < -0.39 is 11.4 Å². The molecular formula is C12H20O5S. The molecule has 5 nitrogen and oxygen atoms in total. The summed E-state index contributed by atoms with van der Waals surface area (Å²) in [6.45, 7) is 5.05. The molecule has 0 aromatic rings.